The zero-order valence-corrected chi connectivity index (χ0v) is 13.8. The van der Waals surface area contributed by atoms with Crippen LogP contribution in [-0.2, 0) is 4.79 Å². The van der Waals surface area contributed by atoms with Crippen LogP contribution in [-0.4, -0.2) is 54.1 Å². The van der Waals surface area contributed by atoms with Crippen LogP contribution in [0.3, 0.4) is 0 Å². The van der Waals surface area contributed by atoms with Crippen molar-refractivity contribution in [2.75, 3.05) is 20.1 Å². The molecule has 132 valence electrons. The molecule has 2 aliphatic heterocycles. The van der Waals surface area contributed by atoms with Crippen LogP contribution in [0.4, 0.5) is 13.2 Å². The second kappa shape index (κ2) is 6.61. The van der Waals surface area contributed by atoms with Crippen molar-refractivity contribution in [2.45, 2.75) is 69.6 Å². The van der Waals surface area contributed by atoms with Crippen molar-refractivity contribution < 1.29 is 18.0 Å². The molecular formula is C17H27F3N2O. The number of nitrogens with zero attached hydrogens (tertiary/aromatic N) is 2. The number of amides is 1. The summed E-state index contributed by atoms with van der Waals surface area (Å²) >= 11 is 0. The van der Waals surface area contributed by atoms with Crippen LogP contribution < -0.4 is 0 Å². The van der Waals surface area contributed by atoms with Crippen LogP contribution in [0.2, 0.25) is 0 Å². The second-order valence-electron chi connectivity index (χ2n) is 7.53. The molecule has 0 N–H and O–H groups in total. The van der Waals surface area contributed by atoms with Gasteiger partial charge in [0.15, 0.2) is 0 Å². The van der Waals surface area contributed by atoms with Crippen LogP contribution >= 0.6 is 0 Å². The number of carbonyl (C=O) groups is 1. The topological polar surface area (TPSA) is 23.6 Å². The Labute approximate surface area is 136 Å². The van der Waals surface area contributed by atoms with Gasteiger partial charge in [-0.3, -0.25) is 4.79 Å². The van der Waals surface area contributed by atoms with E-state index in [2.05, 4.69) is 11.9 Å². The first-order valence-corrected chi connectivity index (χ1v) is 8.95. The SMILES string of the molecule is CN1CCC[C@@H]1[C@@H]1CCCN1C(=O)[C@H]1CCC[C@@H](C(F)(F)F)C1. The van der Waals surface area contributed by atoms with Crippen LogP contribution in [0.25, 0.3) is 0 Å². The Hall–Kier alpha value is -0.780. The average molecular weight is 332 g/mol. The summed E-state index contributed by atoms with van der Waals surface area (Å²) in [6.45, 7) is 1.78. The highest BCUT2D eigenvalue weighted by Crippen LogP contribution is 2.41. The molecule has 0 spiro atoms. The van der Waals surface area contributed by atoms with E-state index in [4.69, 9.17) is 0 Å². The highest BCUT2D eigenvalue weighted by molar-refractivity contribution is 5.79. The van der Waals surface area contributed by atoms with E-state index < -0.39 is 18.0 Å². The van der Waals surface area contributed by atoms with Gasteiger partial charge in [0, 0.05) is 24.5 Å². The molecule has 2 heterocycles. The molecular weight excluding hydrogens is 305 g/mol. The predicted octanol–water partition coefficient (Wildman–Crippen LogP) is 3.44. The number of alkyl halides is 3. The molecule has 0 bridgehead atoms. The van der Waals surface area contributed by atoms with Crippen LogP contribution in [0.15, 0.2) is 0 Å². The second-order valence-corrected chi connectivity index (χ2v) is 7.53. The number of rotatable bonds is 2. The van der Waals surface area contributed by atoms with E-state index in [1.807, 2.05) is 4.90 Å². The van der Waals surface area contributed by atoms with E-state index in [0.717, 1.165) is 38.8 Å². The molecule has 1 aliphatic carbocycles. The minimum Gasteiger partial charge on any atom is -0.338 e. The van der Waals surface area contributed by atoms with E-state index in [-0.39, 0.29) is 24.8 Å². The van der Waals surface area contributed by atoms with Gasteiger partial charge in [-0.05, 0) is 58.5 Å². The largest absolute Gasteiger partial charge is 0.391 e. The maximum Gasteiger partial charge on any atom is 0.391 e. The molecule has 0 radical (unpaired) electrons. The average Bonchev–Trinajstić information content (AvgIpc) is 3.14. The zero-order chi connectivity index (χ0) is 16.6. The molecule has 2 saturated heterocycles. The van der Waals surface area contributed by atoms with E-state index >= 15 is 0 Å². The third kappa shape index (κ3) is 3.52. The molecule has 23 heavy (non-hydrogen) atoms. The lowest BCUT2D eigenvalue weighted by Crippen LogP contribution is -2.49. The Morgan fingerprint density at radius 3 is 2.30 bits per heavy atom. The maximum atomic E-state index is 13.0. The summed E-state index contributed by atoms with van der Waals surface area (Å²) in [7, 11) is 2.10. The fourth-order valence-corrected chi connectivity index (χ4v) is 4.83. The maximum absolute atomic E-state index is 13.0. The fourth-order valence-electron chi connectivity index (χ4n) is 4.83. The summed E-state index contributed by atoms with van der Waals surface area (Å²) in [6.07, 6.45) is 1.38. The fraction of sp³-hybridized carbons (Fsp3) is 0.941. The quantitative estimate of drug-likeness (QED) is 0.773. The lowest BCUT2D eigenvalue weighted by atomic mass is 9.80. The number of likely N-dealkylation sites (N-methyl/N-ethyl adjacent to an activating group) is 1. The van der Waals surface area contributed by atoms with Crippen molar-refractivity contribution in [2.24, 2.45) is 11.8 Å². The standard InChI is InChI=1S/C17H27F3N2O/c1-21-9-3-7-14(21)15-8-4-10-22(15)16(23)12-5-2-6-13(11-12)17(18,19)20/h12-15H,2-11H2,1H3/t12-,13+,14+,15-/m0/s1. The normalized spacial score (nSPS) is 36.6. The minimum atomic E-state index is -4.16. The smallest absolute Gasteiger partial charge is 0.338 e. The highest BCUT2D eigenvalue weighted by Gasteiger charge is 2.46. The van der Waals surface area contributed by atoms with Crippen molar-refractivity contribution >= 4 is 5.91 Å². The Balaban J connectivity index is 1.66. The molecule has 3 rings (SSSR count). The van der Waals surface area contributed by atoms with Crippen LogP contribution in [0.1, 0.15) is 51.4 Å². The van der Waals surface area contributed by atoms with E-state index in [0.29, 0.717) is 18.9 Å². The molecule has 3 nitrogen and oxygen atoms in total. The van der Waals surface area contributed by atoms with Crippen LogP contribution in [0, 0.1) is 11.8 Å². The molecule has 6 heteroatoms. The molecule has 0 aromatic carbocycles. The van der Waals surface area contributed by atoms with E-state index in [9.17, 15) is 18.0 Å². The molecule has 3 fully saturated rings. The monoisotopic (exact) mass is 332 g/mol. The number of carbonyl (C=O) groups excluding carboxylic acids is 1. The molecule has 1 amide bonds. The van der Waals surface area contributed by atoms with Gasteiger partial charge in [-0.2, -0.15) is 13.2 Å². The molecule has 0 aromatic rings. The molecule has 3 aliphatic rings. The van der Waals surface area contributed by atoms with Gasteiger partial charge >= 0.3 is 6.18 Å². The van der Waals surface area contributed by atoms with Crippen molar-refractivity contribution in [1.82, 2.24) is 9.80 Å². The Bertz CT molecular complexity index is 440. The van der Waals surface area contributed by atoms with Gasteiger partial charge in [0.1, 0.15) is 0 Å². The molecule has 0 unspecified atom stereocenters. The first-order valence-electron chi connectivity index (χ1n) is 8.95. The van der Waals surface area contributed by atoms with Crippen molar-refractivity contribution in [3.63, 3.8) is 0 Å². The Morgan fingerprint density at radius 1 is 0.957 bits per heavy atom. The first kappa shape index (κ1) is 17.1. The molecule has 4 atom stereocenters. The number of hydrogen-bond acceptors (Lipinski definition) is 2. The number of halogens is 3. The first-order chi connectivity index (χ1) is 10.9. The third-order valence-corrected chi connectivity index (χ3v) is 6.09. The predicted molar refractivity (Wildman–Crippen MR) is 81.9 cm³/mol. The Kier molecular flexibility index (Phi) is 4.90. The van der Waals surface area contributed by atoms with Gasteiger partial charge < -0.3 is 9.80 Å². The summed E-state index contributed by atoms with van der Waals surface area (Å²) < 4.78 is 39.0. The van der Waals surface area contributed by atoms with Gasteiger partial charge in [-0.15, -0.1) is 0 Å². The van der Waals surface area contributed by atoms with E-state index in [1.165, 1.54) is 0 Å². The lowest BCUT2D eigenvalue weighted by Gasteiger charge is -2.37. The van der Waals surface area contributed by atoms with Gasteiger partial charge in [-0.1, -0.05) is 6.42 Å². The Morgan fingerprint density at radius 2 is 1.65 bits per heavy atom. The van der Waals surface area contributed by atoms with Crippen molar-refractivity contribution in [3.05, 3.63) is 0 Å². The van der Waals surface area contributed by atoms with Crippen LogP contribution in [0.5, 0.6) is 0 Å². The highest BCUT2D eigenvalue weighted by atomic mass is 19.4. The van der Waals surface area contributed by atoms with Gasteiger partial charge in [0.2, 0.25) is 5.91 Å². The zero-order valence-electron chi connectivity index (χ0n) is 13.8. The minimum absolute atomic E-state index is 0.00788. The van der Waals surface area contributed by atoms with Crippen molar-refractivity contribution in [1.29, 1.82) is 0 Å². The summed E-state index contributed by atoms with van der Waals surface area (Å²) in [5.74, 6) is -1.73. The van der Waals surface area contributed by atoms with Gasteiger partial charge in [0.25, 0.3) is 0 Å². The molecule has 0 aromatic heterocycles. The summed E-state index contributed by atoms with van der Waals surface area (Å²) in [6, 6.07) is 0.602. The summed E-state index contributed by atoms with van der Waals surface area (Å²) in [5.41, 5.74) is 0. The number of likely N-dealkylation sites (tertiary alicyclic amines) is 2. The van der Waals surface area contributed by atoms with Gasteiger partial charge in [0.05, 0.1) is 5.92 Å². The summed E-state index contributed by atoms with van der Waals surface area (Å²) in [5, 5.41) is 0. The molecule has 1 saturated carbocycles. The van der Waals surface area contributed by atoms with E-state index in [1.54, 1.807) is 0 Å². The number of hydrogen-bond donors (Lipinski definition) is 0. The third-order valence-electron chi connectivity index (χ3n) is 6.09. The summed E-state index contributed by atoms with van der Waals surface area (Å²) in [4.78, 5) is 17.1. The van der Waals surface area contributed by atoms with Gasteiger partial charge in [-0.25, -0.2) is 0 Å². The lowest BCUT2D eigenvalue weighted by molar-refractivity contribution is -0.187. The van der Waals surface area contributed by atoms with Crippen molar-refractivity contribution in [3.8, 4) is 0 Å².